The zero-order chi connectivity index (χ0) is 28.1. The Kier molecular flexibility index (Phi) is 8.63. The predicted molar refractivity (Wildman–Crippen MR) is 154 cm³/mol. The number of anilines is 1. The molecule has 2 amide bonds. The van der Waals surface area contributed by atoms with E-state index in [4.69, 9.17) is 4.74 Å². The zero-order valence-corrected chi connectivity index (χ0v) is 23.5. The highest BCUT2D eigenvalue weighted by Gasteiger charge is 2.35. The van der Waals surface area contributed by atoms with E-state index in [-0.39, 0.29) is 22.4 Å². The second-order valence-corrected chi connectivity index (χ2v) is 12.3. The van der Waals surface area contributed by atoms with E-state index in [0.29, 0.717) is 37.6 Å². The van der Waals surface area contributed by atoms with E-state index in [0.717, 1.165) is 31.2 Å². The molecule has 2 fully saturated rings. The van der Waals surface area contributed by atoms with Crippen molar-refractivity contribution >= 4 is 27.5 Å². The molecule has 9 heteroatoms. The number of carbonyl (C=O) groups is 2. The minimum atomic E-state index is -3.70. The summed E-state index contributed by atoms with van der Waals surface area (Å²) in [5, 5.41) is 3.19. The molecule has 3 aromatic carbocycles. The van der Waals surface area contributed by atoms with Gasteiger partial charge in [0, 0.05) is 30.4 Å². The maximum absolute atomic E-state index is 14.2. The lowest BCUT2D eigenvalue weighted by molar-refractivity contribution is -0.123. The first-order valence-corrected chi connectivity index (χ1v) is 15.2. The summed E-state index contributed by atoms with van der Waals surface area (Å²) < 4.78 is 32.9. The molecule has 5 rings (SSSR count). The summed E-state index contributed by atoms with van der Waals surface area (Å²) in [6, 6.07) is 21.9. The molecule has 1 N–H and O–H groups in total. The van der Waals surface area contributed by atoms with Crippen LogP contribution in [0.25, 0.3) is 0 Å². The largest absolute Gasteiger partial charge is 0.379 e. The second kappa shape index (κ2) is 12.3. The van der Waals surface area contributed by atoms with Crippen molar-refractivity contribution in [3.63, 3.8) is 0 Å². The number of amides is 2. The molecule has 1 aliphatic carbocycles. The normalized spacial score (nSPS) is 17.3. The molecule has 0 unspecified atom stereocenters. The first-order chi connectivity index (χ1) is 19.3. The van der Waals surface area contributed by atoms with Gasteiger partial charge in [0.05, 0.1) is 18.1 Å². The molecular weight excluding hydrogens is 526 g/mol. The van der Waals surface area contributed by atoms with Crippen LogP contribution < -0.4 is 10.2 Å². The maximum atomic E-state index is 14.2. The topological polar surface area (TPSA) is 96.0 Å². The summed E-state index contributed by atoms with van der Waals surface area (Å²) in [7, 11) is -3.70. The van der Waals surface area contributed by atoms with Gasteiger partial charge in [-0.15, -0.1) is 0 Å². The van der Waals surface area contributed by atoms with Crippen molar-refractivity contribution in [1.29, 1.82) is 0 Å². The average molecular weight is 562 g/mol. The molecular formula is C31H35N3O5S. The van der Waals surface area contributed by atoms with E-state index in [1.807, 2.05) is 49.4 Å². The number of ether oxygens (including phenoxy) is 1. The molecule has 1 aliphatic heterocycles. The lowest BCUT2D eigenvalue weighted by Crippen LogP contribution is -2.46. The molecule has 0 spiro atoms. The van der Waals surface area contributed by atoms with Crippen molar-refractivity contribution in [2.24, 2.45) is 0 Å². The smallest absolute Gasteiger partial charge is 0.259 e. The van der Waals surface area contributed by atoms with Crippen LogP contribution in [-0.2, 0) is 19.6 Å². The van der Waals surface area contributed by atoms with E-state index in [9.17, 15) is 18.0 Å². The van der Waals surface area contributed by atoms with Gasteiger partial charge < -0.3 is 10.1 Å². The average Bonchev–Trinajstić information content (AvgIpc) is 3.50. The molecule has 1 saturated heterocycles. The SMILES string of the molecule is Cc1ccc([C@@H](C(=O)NC2CCCC2)N(C(=O)c2ccc(S(=O)(=O)N3CCOCC3)cc2)c2ccccc2)cc1. The number of carbonyl (C=O) groups excluding carboxylic acids is 2. The fourth-order valence-electron chi connectivity index (χ4n) is 5.33. The first-order valence-electron chi connectivity index (χ1n) is 13.8. The number of rotatable bonds is 8. The number of hydrogen-bond acceptors (Lipinski definition) is 5. The Balaban J connectivity index is 1.51. The van der Waals surface area contributed by atoms with Gasteiger partial charge in [-0.2, -0.15) is 4.31 Å². The minimum Gasteiger partial charge on any atom is -0.379 e. The van der Waals surface area contributed by atoms with Crippen LogP contribution in [-0.4, -0.2) is 56.9 Å². The van der Waals surface area contributed by atoms with E-state index < -0.39 is 22.0 Å². The number of hydrogen-bond donors (Lipinski definition) is 1. The molecule has 3 aromatic rings. The second-order valence-electron chi connectivity index (χ2n) is 10.4. The Morgan fingerprint density at radius 2 is 1.52 bits per heavy atom. The molecule has 8 nitrogen and oxygen atoms in total. The zero-order valence-electron chi connectivity index (χ0n) is 22.7. The van der Waals surface area contributed by atoms with E-state index in [2.05, 4.69) is 5.32 Å². The van der Waals surface area contributed by atoms with Crippen molar-refractivity contribution in [2.45, 2.75) is 49.6 Å². The van der Waals surface area contributed by atoms with Gasteiger partial charge in [-0.1, -0.05) is 60.9 Å². The molecule has 0 aromatic heterocycles. The lowest BCUT2D eigenvalue weighted by Gasteiger charge is -2.32. The van der Waals surface area contributed by atoms with Gasteiger partial charge in [-0.05, 0) is 61.7 Å². The van der Waals surface area contributed by atoms with E-state index in [1.54, 1.807) is 12.1 Å². The number of para-hydroxylation sites is 1. The highest BCUT2D eigenvalue weighted by Crippen LogP contribution is 2.31. The third kappa shape index (κ3) is 6.11. The summed E-state index contributed by atoms with van der Waals surface area (Å²) in [5.74, 6) is -0.631. The van der Waals surface area contributed by atoms with Gasteiger partial charge >= 0.3 is 0 Å². The van der Waals surface area contributed by atoms with Crippen molar-refractivity contribution in [2.75, 3.05) is 31.2 Å². The number of sulfonamides is 1. The minimum absolute atomic E-state index is 0.0813. The monoisotopic (exact) mass is 561 g/mol. The summed E-state index contributed by atoms with van der Waals surface area (Å²) >= 11 is 0. The Labute approximate surface area is 236 Å². The van der Waals surface area contributed by atoms with Gasteiger partial charge in [-0.3, -0.25) is 14.5 Å². The van der Waals surface area contributed by atoms with Crippen LogP contribution in [0.5, 0.6) is 0 Å². The molecule has 2 aliphatic rings. The Morgan fingerprint density at radius 3 is 2.15 bits per heavy atom. The van der Waals surface area contributed by atoms with Crippen molar-refractivity contribution in [3.05, 3.63) is 95.6 Å². The van der Waals surface area contributed by atoms with Crippen LogP contribution >= 0.6 is 0 Å². The van der Waals surface area contributed by atoms with Crippen LogP contribution in [0.15, 0.2) is 83.8 Å². The van der Waals surface area contributed by atoms with Crippen molar-refractivity contribution in [1.82, 2.24) is 9.62 Å². The summed E-state index contributed by atoms with van der Waals surface area (Å²) in [6.45, 7) is 3.26. The molecule has 1 saturated carbocycles. The van der Waals surface area contributed by atoms with Crippen LogP contribution in [0, 0.1) is 6.92 Å². The van der Waals surface area contributed by atoms with Gasteiger partial charge in [0.1, 0.15) is 6.04 Å². The van der Waals surface area contributed by atoms with Gasteiger partial charge in [-0.25, -0.2) is 8.42 Å². The fraction of sp³-hybridized carbons (Fsp3) is 0.355. The van der Waals surface area contributed by atoms with Crippen molar-refractivity contribution in [3.8, 4) is 0 Å². The molecule has 210 valence electrons. The molecule has 1 atom stereocenters. The van der Waals surface area contributed by atoms with Crippen LogP contribution in [0.4, 0.5) is 5.69 Å². The fourth-order valence-corrected chi connectivity index (χ4v) is 6.74. The highest BCUT2D eigenvalue weighted by molar-refractivity contribution is 7.89. The Hall–Kier alpha value is -3.53. The summed E-state index contributed by atoms with van der Waals surface area (Å²) in [6.07, 6.45) is 3.98. The van der Waals surface area contributed by atoms with Gasteiger partial charge in [0.2, 0.25) is 15.9 Å². The predicted octanol–water partition coefficient (Wildman–Crippen LogP) is 4.46. The number of morpholine rings is 1. The molecule has 0 radical (unpaired) electrons. The van der Waals surface area contributed by atoms with Crippen LogP contribution in [0.1, 0.15) is 53.2 Å². The quantitative estimate of drug-likeness (QED) is 0.438. The van der Waals surface area contributed by atoms with Crippen LogP contribution in [0.3, 0.4) is 0 Å². The van der Waals surface area contributed by atoms with Crippen molar-refractivity contribution < 1.29 is 22.7 Å². The van der Waals surface area contributed by atoms with Gasteiger partial charge in [0.15, 0.2) is 0 Å². The third-order valence-electron chi connectivity index (χ3n) is 7.56. The van der Waals surface area contributed by atoms with Crippen LogP contribution in [0.2, 0.25) is 0 Å². The summed E-state index contributed by atoms with van der Waals surface area (Å²) in [4.78, 5) is 29.7. The summed E-state index contributed by atoms with van der Waals surface area (Å²) in [5.41, 5.74) is 2.61. The Morgan fingerprint density at radius 1 is 0.900 bits per heavy atom. The molecule has 1 heterocycles. The molecule has 40 heavy (non-hydrogen) atoms. The Bertz CT molecular complexity index is 1410. The first kappa shape index (κ1) is 28.0. The van der Waals surface area contributed by atoms with Gasteiger partial charge in [0.25, 0.3) is 5.91 Å². The number of benzene rings is 3. The standard InChI is InChI=1S/C31H35N3O5S/c1-23-11-13-24(14-12-23)29(30(35)32-26-7-5-6-8-26)34(27-9-3-2-4-10-27)31(36)25-15-17-28(18-16-25)40(37,38)33-19-21-39-22-20-33/h2-4,9-18,26,29H,5-8,19-22H2,1H3,(H,32,35)/t29-/m0/s1. The van der Waals surface area contributed by atoms with E-state index in [1.165, 1.54) is 33.5 Å². The third-order valence-corrected chi connectivity index (χ3v) is 9.48. The number of nitrogens with zero attached hydrogens (tertiary/aromatic N) is 2. The highest BCUT2D eigenvalue weighted by atomic mass is 32.2. The number of nitrogens with one attached hydrogen (secondary N) is 1. The number of aryl methyl sites for hydroxylation is 1. The van der Waals surface area contributed by atoms with E-state index >= 15 is 0 Å². The lowest BCUT2D eigenvalue weighted by atomic mass is 10.00. The maximum Gasteiger partial charge on any atom is 0.259 e. The molecule has 0 bridgehead atoms.